The SMILES string of the molecule is CCn1c(=O)c2ccccc2n(CC(=O)Nc2cc(C(F)(F)F)ccc2N2CCOCC2)c1=O. The van der Waals surface area contributed by atoms with E-state index >= 15 is 0 Å². The number of fused-ring (bicyclic) bond motifs is 1. The number of hydrogen-bond acceptors (Lipinski definition) is 5. The van der Waals surface area contributed by atoms with Crippen LogP contribution in [0.4, 0.5) is 24.5 Å². The van der Waals surface area contributed by atoms with Crippen molar-refractivity contribution in [2.24, 2.45) is 0 Å². The maximum atomic E-state index is 13.4. The van der Waals surface area contributed by atoms with Crippen LogP contribution < -0.4 is 21.5 Å². The van der Waals surface area contributed by atoms with E-state index in [2.05, 4.69) is 5.32 Å². The van der Waals surface area contributed by atoms with Gasteiger partial charge < -0.3 is 15.0 Å². The second-order valence-electron chi connectivity index (χ2n) is 7.81. The number of nitrogens with one attached hydrogen (secondary N) is 1. The van der Waals surface area contributed by atoms with E-state index in [1.54, 1.807) is 31.2 Å². The molecule has 11 heteroatoms. The molecule has 1 saturated heterocycles. The van der Waals surface area contributed by atoms with Gasteiger partial charge in [-0.15, -0.1) is 0 Å². The highest BCUT2D eigenvalue weighted by Crippen LogP contribution is 2.35. The smallest absolute Gasteiger partial charge is 0.378 e. The van der Waals surface area contributed by atoms with Crippen LogP contribution in [-0.4, -0.2) is 41.3 Å². The maximum Gasteiger partial charge on any atom is 0.416 e. The average molecular weight is 476 g/mol. The van der Waals surface area contributed by atoms with Gasteiger partial charge in [-0.2, -0.15) is 13.2 Å². The van der Waals surface area contributed by atoms with Crippen LogP contribution in [0.25, 0.3) is 10.9 Å². The van der Waals surface area contributed by atoms with Crippen LogP contribution in [0.2, 0.25) is 0 Å². The van der Waals surface area contributed by atoms with Gasteiger partial charge in [0.05, 0.1) is 41.1 Å². The Morgan fingerprint density at radius 1 is 1.06 bits per heavy atom. The summed E-state index contributed by atoms with van der Waals surface area (Å²) in [7, 11) is 0. The lowest BCUT2D eigenvalue weighted by Gasteiger charge is -2.31. The molecule has 2 heterocycles. The van der Waals surface area contributed by atoms with Gasteiger partial charge in [-0.25, -0.2) is 4.79 Å². The van der Waals surface area contributed by atoms with E-state index < -0.39 is 35.4 Å². The number of anilines is 2. The monoisotopic (exact) mass is 476 g/mol. The molecule has 4 rings (SSSR count). The minimum absolute atomic E-state index is 0.0112. The van der Waals surface area contributed by atoms with Gasteiger partial charge in [0.25, 0.3) is 5.56 Å². The van der Waals surface area contributed by atoms with Crippen molar-refractivity contribution < 1.29 is 22.7 Å². The summed E-state index contributed by atoms with van der Waals surface area (Å²) >= 11 is 0. The van der Waals surface area contributed by atoms with E-state index in [-0.39, 0.29) is 23.1 Å². The second kappa shape index (κ2) is 9.34. The van der Waals surface area contributed by atoms with Gasteiger partial charge in [0.2, 0.25) is 5.91 Å². The lowest BCUT2D eigenvalue weighted by molar-refractivity contribution is -0.137. The number of rotatable bonds is 5. The van der Waals surface area contributed by atoms with Gasteiger partial charge in [-0.1, -0.05) is 12.1 Å². The third-order valence-electron chi connectivity index (χ3n) is 5.70. The number of benzene rings is 2. The Hall–Kier alpha value is -3.60. The van der Waals surface area contributed by atoms with E-state index in [1.165, 1.54) is 6.07 Å². The molecule has 8 nitrogen and oxygen atoms in total. The van der Waals surface area contributed by atoms with Crippen molar-refractivity contribution in [3.8, 4) is 0 Å². The Labute approximate surface area is 192 Å². The molecule has 3 aromatic rings. The number of alkyl halides is 3. The van der Waals surface area contributed by atoms with Crippen molar-refractivity contribution in [1.29, 1.82) is 0 Å². The fraction of sp³-hybridized carbons (Fsp3) is 0.348. The number of carbonyl (C=O) groups is 1. The number of carbonyl (C=O) groups excluding carboxylic acids is 1. The zero-order valence-electron chi connectivity index (χ0n) is 18.4. The molecule has 0 saturated carbocycles. The molecule has 1 fully saturated rings. The molecule has 0 radical (unpaired) electrons. The molecule has 0 aliphatic carbocycles. The molecule has 180 valence electrons. The van der Waals surface area contributed by atoms with Gasteiger partial charge in [0, 0.05) is 19.6 Å². The molecule has 1 aliphatic rings. The van der Waals surface area contributed by atoms with Crippen molar-refractivity contribution in [1.82, 2.24) is 9.13 Å². The average Bonchev–Trinajstić information content (AvgIpc) is 2.82. The highest BCUT2D eigenvalue weighted by atomic mass is 19.4. The first-order valence-electron chi connectivity index (χ1n) is 10.8. The van der Waals surface area contributed by atoms with Gasteiger partial charge in [0.15, 0.2) is 0 Å². The van der Waals surface area contributed by atoms with Crippen molar-refractivity contribution in [3.63, 3.8) is 0 Å². The Kier molecular flexibility index (Phi) is 6.47. The fourth-order valence-electron chi connectivity index (χ4n) is 4.03. The fourth-order valence-corrected chi connectivity index (χ4v) is 4.03. The summed E-state index contributed by atoms with van der Waals surface area (Å²) < 4.78 is 47.5. The van der Waals surface area contributed by atoms with Crippen molar-refractivity contribution in [3.05, 3.63) is 68.9 Å². The summed E-state index contributed by atoms with van der Waals surface area (Å²) in [6.45, 7) is 3.01. The van der Waals surface area contributed by atoms with Gasteiger partial charge in [-0.05, 0) is 37.3 Å². The summed E-state index contributed by atoms with van der Waals surface area (Å²) in [4.78, 5) is 40.3. The number of nitrogens with zero attached hydrogens (tertiary/aromatic N) is 3. The van der Waals surface area contributed by atoms with E-state index in [1.807, 2.05) is 4.90 Å². The largest absolute Gasteiger partial charge is 0.416 e. The second-order valence-corrected chi connectivity index (χ2v) is 7.81. The van der Waals surface area contributed by atoms with Crippen LogP contribution in [0.15, 0.2) is 52.1 Å². The van der Waals surface area contributed by atoms with Crippen LogP contribution in [0.1, 0.15) is 12.5 Å². The highest BCUT2D eigenvalue weighted by molar-refractivity contribution is 5.95. The predicted molar refractivity (Wildman–Crippen MR) is 121 cm³/mol. The molecular formula is C23H23F3N4O4. The lowest BCUT2D eigenvalue weighted by atomic mass is 10.1. The number of amides is 1. The third kappa shape index (κ3) is 4.56. The molecule has 1 aliphatic heterocycles. The standard InChI is InChI=1S/C23H23F3N4O4/c1-2-29-21(32)16-5-3-4-6-18(16)30(22(29)33)14-20(31)27-17-13-15(23(24,25)26)7-8-19(17)28-9-11-34-12-10-28/h3-8,13H,2,9-12,14H2,1H3,(H,27,31). The number of aromatic nitrogens is 2. The Balaban J connectivity index is 1.72. The molecule has 1 amide bonds. The minimum atomic E-state index is -4.59. The van der Waals surface area contributed by atoms with Crippen LogP contribution in [0, 0.1) is 0 Å². The Morgan fingerprint density at radius 3 is 2.44 bits per heavy atom. The number of hydrogen-bond donors (Lipinski definition) is 1. The molecule has 0 bridgehead atoms. The van der Waals surface area contributed by atoms with Gasteiger partial charge >= 0.3 is 11.9 Å². The van der Waals surface area contributed by atoms with E-state index in [0.717, 1.165) is 21.3 Å². The molecule has 1 N–H and O–H groups in total. The highest BCUT2D eigenvalue weighted by Gasteiger charge is 2.32. The quantitative estimate of drug-likeness (QED) is 0.612. The molecule has 0 unspecified atom stereocenters. The number of para-hydroxylation sites is 1. The molecule has 0 atom stereocenters. The third-order valence-corrected chi connectivity index (χ3v) is 5.70. The first-order chi connectivity index (χ1) is 16.2. The summed E-state index contributed by atoms with van der Waals surface area (Å²) in [5.41, 5.74) is -1.34. The van der Waals surface area contributed by atoms with Crippen LogP contribution in [0.3, 0.4) is 0 Å². The Morgan fingerprint density at radius 2 is 1.76 bits per heavy atom. The topological polar surface area (TPSA) is 85.6 Å². The maximum absolute atomic E-state index is 13.4. The van der Waals surface area contributed by atoms with Crippen molar-refractivity contribution >= 4 is 28.2 Å². The number of morpholine rings is 1. The van der Waals surface area contributed by atoms with Crippen LogP contribution >= 0.6 is 0 Å². The molecule has 0 spiro atoms. The van der Waals surface area contributed by atoms with Crippen molar-refractivity contribution in [2.75, 3.05) is 36.5 Å². The molecular weight excluding hydrogens is 453 g/mol. The zero-order chi connectivity index (χ0) is 24.5. The van der Waals surface area contributed by atoms with Crippen LogP contribution in [-0.2, 0) is 28.8 Å². The van der Waals surface area contributed by atoms with E-state index in [0.29, 0.717) is 32.0 Å². The Bertz CT molecular complexity index is 1340. The normalized spacial score (nSPS) is 14.4. The van der Waals surface area contributed by atoms with E-state index in [4.69, 9.17) is 4.74 Å². The first kappa shape index (κ1) is 23.6. The minimum Gasteiger partial charge on any atom is -0.378 e. The lowest BCUT2D eigenvalue weighted by Crippen LogP contribution is -2.41. The summed E-state index contributed by atoms with van der Waals surface area (Å²) in [6.07, 6.45) is -4.59. The molecule has 1 aromatic heterocycles. The summed E-state index contributed by atoms with van der Waals surface area (Å²) in [6, 6.07) is 9.57. The summed E-state index contributed by atoms with van der Waals surface area (Å²) in [5.74, 6) is -0.692. The van der Waals surface area contributed by atoms with Gasteiger partial charge in [-0.3, -0.25) is 18.7 Å². The molecule has 34 heavy (non-hydrogen) atoms. The van der Waals surface area contributed by atoms with Crippen LogP contribution in [0.5, 0.6) is 0 Å². The number of ether oxygens (including phenoxy) is 1. The first-order valence-corrected chi connectivity index (χ1v) is 10.8. The zero-order valence-corrected chi connectivity index (χ0v) is 18.4. The summed E-state index contributed by atoms with van der Waals surface area (Å²) in [5, 5.41) is 2.81. The van der Waals surface area contributed by atoms with Gasteiger partial charge in [0.1, 0.15) is 6.54 Å². The van der Waals surface area contributed by atoms with Crippen molar-refractivity contribution in [2.45, 2.75) is 26.2 Å². The molecule has 2 aromatic carbocycles. The number of halogens is 3. The van der Waals surface area contributed by atoms with E-state index in [9.17, 15) is 27.6 Å². The predicted octanol–water partition coefficient (Wildman–Crippen LogP) is 2.68.